The predicted molar refractivity (Wildman–Crippen MR) is 134 cm³/mol. The molecule has 2 amide bonds. The summed E-state index contributed by atoms with van der Waals surface area (Å²) in [6, 6.07) is 14.0. The SMILES string of the molecule is COc1ccc(S(=O)N(CC(=O)N/N=C2\C/C=C\C=C/C(C)NC2=O)c2ccc(C)cc2)cc1. The number of benzene rings is 2. The number of amides is 2. The van der Waals surface area contributed by atoms with Crippen LogP contribution < -0.4 is 19.8 Å². The van der Waals surface area contributed by atoms with Crippen molar-refractivity contribution in [3.63, 3.8) is 0 Å². The summed E-state index contributed by atoms with van der Waals surface area (Å²) in [5, 5.41) is 6.84. The number of hydrogen-bond acceptors (Lipinski definition) is 5. The summed E-state index contributed by atoms with van der Waals surface area (Å²) in [4.78, 5) is 25.7. The number of anilines is 1. The molecular weight excluding hydrogens is 452 g/mol. The van der Waals surface area contributed by atoms with Crippen molar-refractivity contribution < 1.29 is 18.5 Å². The van der Waals surface area contributed by atoms with Gasteiger partial charge in [0, 0.05) is 12.5 Å². The van der Waals surface area contributed by atoms with Crippen LogP contribution in [0.1, 0.15) is 18.9 Å². The molecule has 8 nitrogen and oxygen atoms in total. The van der Waals surface area contributed by atoms with Crippen LogP contribution in [0.2, 0.25) is 0 Å². The Morgan fingerprint density at radius 1 is 1.18 bits per heavy atom. The number of allylic oxidation sites excluding steroid dienone is 3. The fourth-order valence-electron chi connectivity index (χ4n) is 3.09. The standard InChI is InChI=1S/C25H28N4O4S/c1-18-9-11-20(12-10-18)29(34(32)22-15-13-21(33-3)14-16-22)17-24(30)28-27-23-8-6-4-5-7-19(2)26-25(23)31/h4-7,9-16,19H,8,17H2,1-3H3,(H,26,31)(H,28,30)/b6-4-,7-5-,27-23+. The van der Waals surface area contributed by atoms with Gasteiger partial charge in [0.25, 0.3) is 11.8 Å². The number of nitrogens with one attached hydrogen (secondary N) is 2. The van der Waals surface area contributed by atoms with Gasteiger partial charge in [-0.25, -0.2) is 9.63 Å². The van der Waals surface area contributed by atoms with Crippen molar-refractivity contribution in [2.45, 2.75) is 31.2 Å². The predicted octanol–water partition coefficient (Wildman–Crippen LogP) is 3.03. The van der Waals surface area contributed by atoms with E-state index in [1.165, 1.54) is 4.31 Å². The summed E-state index contributed by atoms with van der Waals surface area (Å²) in [7, 11) is -0.110. The number of rotatable bonds is 7. The molecule has 2 unspecified atom stereocenters. The molecule has 2 atom stereocenters. The fourth-order valence-corrected chi connectivity index (χ4v) is 4.26. The number of ether oxygens (including phenoxy) is 1. The number of hydrogen-bond donors (Lipinski definition) is 2. The van der Waals surface area contributed by atoms with Crippen molar-refractivity contribution in [2.75, 3.05) is 18.0 Å². The van der Waals surface area contributed by atoms with Crippen LogP contribution in [0.3, 0.4) is 0 Å². The molecule has 1 heterocycles. The maximum Gasteiger partial charge on any atom is 0.268 e. The van der Waals surface area contributed by atoms with E-state index in [1.807, 2.05) is 44.2 Å². The van der Waals surface area contributed by atoms with Crippen molar-refractivity contribution in [3.05, 3.63) is 78.4 Å². The van der Waals surface area contributed by atoms with Gasteiger partial charge in [0.15, 0.2) is 11.0 Å². The minimum atomic E-state index is -1.67. The van der Waals surface area contributed by atoms with Gasteiger partial charge in [0.2, 0.25) is 0 Å². The number of aryl methyl sites for hydroxylation is 1. The normalized spacial score (nSPS) is 19.7. The van der Waals surface area contributed by atoms with E-state index in [9.17, 15) is 13.8 Å². The zero-order valence-electron chi connectivity index (χ0n) is 19.4. The Kier molecular flexibility index (Phi) is 8.75. The molecule has 2 N–H and O–H groups in total. The molecular formula is C25H28N4O4S. The minimum Gasteiger partial charge on any atom is -0.497 e. The molecule has 0 bridgehead atoms. The Morgan fingerprint density at radius 2 is 1.88 bits per heavy atom. The molecule has 0 saturated heterocycles. The number of hydrazone groups is 1. The second-order valence-electron chi connectivity index (χ2n) is 7.67. The summed E-state index contributed by atoms with van der Waals surface area (Å²) in [6.45, 7) is 3.57. The average molecular weight is 481 g/mol. The van der Waals surface area contributed by atoms with E-state index < -0.39 is 16.9 Å². The maximum atomic E-state index is 13.4. The van der Waals surface area contributed by atoms with Crippen molar-refractivity contribution in [1.82, 2.24) is 10.7 Å². The average Bonchev–Trinajstić information content (AvgIpc) is 2.91. The minimum absolute atomic E-state index is 0.167. The molecule has 0 aliphatic carbocycles. The van der Waals surface area contributed by atoms with Gasteiger partial charge in [0.05, 0.1) is 17.7 Å². The van der Waals surface area contributed by atoms with E-state index in [0.717, 1.165) is 5.56 Å². The van der Waals surface area contributed by atoms with Crippen LogP contribution in [0, 0.1) is 6.92 Å². The third kappa shape index (κ3) is 6.89. The highest BCUT2D eigenvalue weighted by Gasteiger charge is 2.20. The van der Waals surface area contributed by atoms with Crippen molar-refractivity contribution in [2.24, 2.45) is 5.10 Å². The monoisotopic (exact) mass is 480 g/mol. The second-order valence-corrected chi connectivity index (χ2v) is 9.08. The third-order valence-electron chi connectivity index (χ3n) is 4.97. The lowest BCUT2D eigenvalue weighted by Crippen LogP contribution is -2.39. The first kappa shape index (κ1) is 24.9. The van der Waals surface area contributed by atoms with E-state index in [4.69, 9.17) is 4.74 Å². The topological polar surface area (TPSA) is 100 Å². The zero-order valence-corrected chi connectivity index (χ0v) is 20.2. The van der Waals surface area contributed by atoms with Crippen molar-refractivity contribution >= 4 is 34.2 Å². The Labute approximate surface area is 202 Å². The van der Waals surface area contributed by atoms with E-state index in [0.29, 0.717) is 16.3 Å². The Hall–Kier alpha value is -3.72. The van der Waals surface area contributed by atoms with Gasteiger partial charge in [0.1, 0.15) is 18.0 Å². The third-order valence-corrected chi connectivity index (χ3v) is 6.38. The maximum absolute atomic E-state index is 13.4. The number of nitrogens with zero attached hydrogens (tertiary/aromatic N) is 2. The lowest BCUT2D eigenvalue weighted by atomic mass is 10.2. The highest BCUT2D eigenvalue weighted by atomic mass is 32.2. The lowest BCUT2D eigenvalue weighted by Gasteiger charge is -2.23. The van der Waals surface area contributed by atoms with E-state index in [-0.39, 0.29) is 30.6 Å². The quantitative estimate of drug-likeness (QED) is 0.595. The molecule has 9 heteroatoms. The summed E-state index contributed by atoms with van der Waals surface area (Å²) < 4.78 is 20.0. The van der Waals surface area contributed by atoms with Crippen LogP contribution in [0.4, 0.5) is 5.69 Å². The highest BCUT2D eigenvalue weighted by Crippen LogP contribution is 2.22. The molecule has 34 heavy (non-hydrogen) atoms. The molecule has 1 aliphatic rings. The Morgan fingerprint density at radius 3 is 2.56 bits per heavy atom. The smallest absolute Gasteiger partial charge is 0.268 e. The van der Waals surface area contributed by atoms with Gasteiger partial charge in [-0.05, 0) is 50.2 Å². The van der Waals surface area contributed by atoms with Crippen molar-refractivity contribution in [3.8, 4) is 5.75 Å². The Bertz CT molecular complexity index is 1120. The van der Waals surface area contributed by atoms with Gasteiger partial charge in [-0.1, -0.05) is 42.0 Å². The first-order chi connectivity index (χ1) is 16.4. The zero-order chi connectivity index (χ0) is 24.5. The second kappa shape index (κ2) is 11.9. The molecule has 0 fully saturated rings. The van der Waals surface area contributed by atoms with Crippen LogP contribution in [0.15, 0.2) is 82.8 Å². The molecule has 2 aromatic rings. The summed E-state index contributed by atoms with van der Waals surface area (Å²) in [5.74, 6) is -0.220. The van der Waals surface area contributed by atoms with E-state index in [1.54, 1.807) is 49.6 Å². The van der Waals surface area contributed by atoms with Gasteiger partial charge < -0.3 is 10.1 Å². The van der Waals surface area contributed by atoms with Crippen molar-refractivity contribution in [1.29, 1.82) is 0 Å². The molecule has 3 rings (SSSR count). The summed E-state index contributed by atoms with van der Waals surface area (Å²) in [5.41, 5.74) is 4.28. The molecule has 0 spiro atoms. The number of carbonyl (C=O) groups is 2. The molecule has 0 saturated carbocycles. The van der Waals surface area contributed by atoms with E-state index >= 15 is 0 Å². The van der Waals surface area contributed by atoms with Crippen LogP contribution in [0.25, 0.3) is 0 Å². The molecule has 2 aromatic carbocycles. The van der Waals surface area contributed by atoms with Crippen LogP contribution in [0.5, 0.6) is 5.75 Å². The van der Waals surface area contributed by atoms with Gasteiger partial charge in [-0.3, -0.25) is 13.9 Å². The summed E-state index contributed by atoms with van der Waals surface area (Å²) >= 11 is 0. The highest BCUT2D eigenvalue weighted by molar-refractivity contribution is 7.86. The fraction of sp³-hybridized carbons (Fsp3) is 0.240. The van der Waals surface area contributed by atoms with Gasteiger partial charge >= 0.3 is 0 Å². The lowest BCUT2D eigenvalue weighted by molar-refractivity contribution is -0.119. The van der Waals surface area contributed by atoms with E-state index in [2.05, 4.69) is 15.8 Å². The molecule has 0 radical (unpaired) electrons. The first-order valence-electron chi connectivity index (χ1n) is 10.8. The van der Waals surface area contributed by atoms with Crippen LogP contribution >= 0.6 is 0 Å². The van der Waals surface area contributed by atoms with Crippen LogP contribution in [-0.4, -0.2) is 41.4 Å². The molecule has 1 aliphatic heterocycles. The van der Waals surface area contributed by atoms with Gasteiger partial charge in [-0.2, -0.15) is 5.10 Å². The largest absolute Gasteiger partial charge is 0.497 e. The van der Waals surface area contributed by atoms with Crippen LogP contribution in [-0.2, 0) is 20.6 Å². The number of carbonyl (C=O) groups excluding carboxylic acids is 2. The Balaban J connectivity index is 1.79. The number of methoxy groups -OCH3 is 1. The first-order valence-corrected chi connectivity index (χ1v) is 11.9. The molecule has 178 valence electrons. The van der Waals surface area contributed by atoms with Gasteiger partial charge in [-0.15, -0.1) is 0 Å². The summed E-state index contributed by atoms with van der Waals surface area (Å²) in [6.07, 6.45) is 7.58. The molecule has 0 aromatic heterocycles.